The van der Waals surface area contributed by atoms with Crippen LogP contribution in [0.25, 0.3) is 0 Å². The van der Waals surface area contributed by atoms with Crippen LogP contribution in [0.2, 0.25) is 0 Å². The molecule has 3 rings (SSSR count). The van der Waals surface area contributed by atoms with Crippen LogP contribution in [0.5, 0.6) is 5.75 Å². The van der Waals surface area contributed by atoms with Crippen molar-refractivity contribution in [2.45, 2.75) is 19.0 Å². The number of benzene rings is 2. The van der Waals surface area contributed by atoms with Crippen molar-refractivity contribution in [3.05, 3.63) is 65.2 Å². The van der Waals surface area contributed by atoms with Gasteiger partial charge < -0.3 is 15.0 Å². The van der Waals surface area contributed by atoms with Gasteiger partial charge >= 0.3 is 6.03 Å². The first kappa shape index (κ1) is 20.9. The minimum atomic E-state index is -1.34. The van der Waals surface area contributed by atoms with E-state index in [1.165, 1.54) is 4.90 Å². The Balaban J connectivity index is 1.75. The average molecular weight is 406 g/mol. The molecule has 1 heterocycles. The SMILES string of the molecule is COc1ccccc1CN(C)C(=O)CN1C(=O)N[C@](C)(c2cccc(C#N)c2)C1=O. The number of likely N-dealkylation sites (N-methyl/N-ethyl adjacent to an activating group) is 1. The number of nitriles is 1. The van der Waals surface area contributed by atoms with Crippen LogP contribution in [0.15, 0.2) is 48.5 Å². The second-order valence-corrected chi connectivity index (χ2v) is 7.20. The second kappa shape index (κ2) is 8.25. The molecule has 0 aliphatic carbocycles. The topological polar surface area (TPSA) is 103 Å². The lowest BCUT2D eigenvalue weighted by molar-refractivity contribution is -0.138. The highest BCUT2D eigenvalue weighted by Gasteiger charge is 2.49. The maximum Gasteiger partial charge on any atom is 0.325 e. The van der Waals surface area contributed by atoms with Crippen LogP contribution in [0.3, 0.4) is 0 Å². The highest BCUT2D eigenvalue weighted by molar-refractivity contribution is 6.09. The number of urea groups is 1. The highest BCUT2D eigenvalue weighted by atomic mass is 16.5. The van der Waals surface area contributed by atoms with Crippen LogP contribution >= 0.6 is 0 Å². The number of nitrogens with zero attached hydrogens (tertiary/aromatic N) is 3. The van der Waals surface area contributed by atoms with Crippen molar-refractivity contribution in [1.82, 2.24) is 15.1 Å². The van der Waals surface area contributed by atoms with E-state index in [9.17, 15) is 14.4 Å². The molecule has 1 saturated heterocycles. The third kappa shape index (κ3) is 3.82. The molecular weight excluding hydrogens is 384 g/mol. The van der Waals surface area contributed by atoms with Crippen molar-refractivity contribution < 1.29 is 19.1 Å². The molecule has 30 heavy (non-hydrogen) atoms. The van der Waals surface area contributed by atoms with E-state index >= 15 is 0 Å². The van der Waals surface area contributed by atoms with Gasteiger partial charge in [0.2, 0.25) is 5.91 Å². The van der Waals surface area contributed by atoms with Crippen molar-refractivity contribution in [2.24, 2.45) is 0 Å². The van der Waals surface area contributed by atoms with Gasteiger partial charge in [-0.15, -0.1) is 0 Å². The molecule has 154 valence electrons. The molecule has 0 aromatic heterocycles. The first-order valence-corrected chi connectivity index (χ1v) is 9.30. The van der Waals surface area contributed by atoms with Gasteiger partial charge in [0.1, 0.15) is 17.8 Å². The van der Waals surface area contributed by atoms with Gasteiger partial charge in [-0.3, -0.25) is 14.5 Å². The molecule has 1 aliphatic heterocycles. The molecule has 2 aromatic rings. The molecule has 1 aliphatic rings. The molecular formula is C22H22N4O4. The number of imide groups is 1. The number of amides is 4. The molecule has 1 fully saturated rings. The van der Waals surface area contributed by atoms with Gasteiger partial charge in [0.25, 0.3) is 5.91 Å². The first-order chi connectivity index (χ1) is 14.3. The minimum absolute atomic E-state index is 0.272. The smallest absolute Gasteiger partial charge is 0.325 e. The van der Waals surface area contributed by atoms with E-state index in [2.05, 4.69) is 5.32 Å². The van der Waals surface area contributed by atoms with Crippen LogP contribution < -0.4 is 10.1 Å². The molecule has 8 nitrogen and oxygen atoms in total. The largest absolute Gasteiger partial charge is 0.496 e. The summed E-state index contributed by atoms with van der Waals surface area (Å²) in [5.74, 6) is -0.279. The summed E-state index contributed by atoms with van der Waals surface area (Å²) in [6, 6.07) is 15.2. The van der Waals surface area contributed by atoms with E-state index in [4.69, 9.17) is 10.00 Å². The van der Waals surface area contributed by atoms with Gasteiger partial charge in [0.05, 0.1) is 18.7 Å². The van der Waals surface area contributed by atoms with Crippen molar-refractivity contribution in [1.29, 1.82) is 5.26 Å². The Bertz CT molecular complexity index is 1050. The molecule has 0 radical (unpaired) electrons. The molecule has 4 amide bonds. The minimum Gasteiger partial charge on any atom is -0.496 e. The summed E-state index contributed by atoms with van der Waals surface area (Å²) >= 11 is 0. The number of methoxy groups -OCH3 is 1. The number of hydrogen-bond acceptors (Lipinski definition) is 5. The second-order valence-electron chi connectivity index (χ2n) is 7.20. The zero-order chi connectivity index (χ0) is 21.9. The molecule has 8 heteroatoms. The third-order valence-corrected chi connectivity index (χ3v) is 5.16. The lowest BCUT2D eigenvalue weighted by Gasteiger charge is -2.23. The summed E-state index contributed by atoms with van der Waals surface area (Å²) in [4.78, 5) is 40.6. The Morgan fingerprint density at radius 1 is 1.23 bits per heavy atom. The summed E-state index contributed by atoms with van der Waals surface area (Å²) in [5, 5.41) is 11.8. The summed E-state index contributed by atoms with van der Waals surface area (Å²) in [7, 11) is 3.15. The fraction of sp³-hybridized carbons (Fsp3) is 0.273. The summed E-state index contributed by atoms with van der Waals surface area (Å²) < 4.78 is 5.30. The van der Waals surface area contributed by atoms with Crippen LogP contribution in [-0.4, -0.2) is 48.3 Å². The number of nitrogens with one attached hydrogen (secondary N) is 1. The van der Waals surface area contributed by atoms with Crippen molar-refractivity contribution in [3.8, 4) is 11.8 Å². The zero-order valence-corrected chi connectivity index (χ0v) is 17.0. The monoisotopic (exact) mass is 406 g/mol. The lowest BCUT2D eigenvalue weighted by atomic mass is 9.91. The third-order valence-electron chi connectivity index (χ3n) is 5.16. The maximum atomic E-state index is 13.0. The molecule has 2 aromatic carbocycles. The lowest BCUT2D eigenvalue weighted by Crippen LogP contribution is -2.43. The first-order valence-electron chi connectivity index (χ1n) is 9.30. The molecule has 0 saturated carbocycles. The maximum absolute atomic E-state index is 13.0. The molecule has 0 spiro atoms. The Morgan fingerprint density at radius 2 is 1.97 bits per heavy atom. The molecule has 0 bridgehead atoms. The average Bonchev–Trinajstić information content (AvgIpc) is 2.98. The van der Waals surface area contributed by atoms with Gasteiger partial charge in [-0.25, -0.2) is 4.79 Å². The summed E-state index contributed by atoms with van der Waals surface area (Å²) in [6.45, 7) is 1.45. The number of carbonyl (C=O) groups excluding carboxylic acids is 3. The normalized spacial score (nSPS) is 18.0. The standard InChI is InChI=1S/C22H22N4O4/c1-22(17-9-6-7-15(11-17)12-23)20(28)26(21(29)24-22)14-19(27)25(2)13-16-8-4-5-10-18(16)30-3/h4-11H,13-14H2,1-3H3,(H,24,29)/t22-/m1/s1. The van der Waals surface area contributed by atoms with Crippen LogP contribution in [0.4, 0.5) is 4.79 Å². The number of ether oxygens (including phenoxy) is 1. The number of carbonyl (C=O) groups is 3. The van der Waals surface area contributed by atoms with E-state index < -0.39 is 17.5 Å². The highest BCUT2D eigenvalue weighted by Crippen LogP contribution is 2.29. The summed E-state index contributed by atoms with van der Waals surface area (Å²) in [6.07, 6.45) is 0. The van der Waals surface area contributed by atoms with E-state index in [1.807, 2.05) is 24.3 Å². The fourth-order valence-electron chi connectivity index (χ4n) is 3.37. The fourth-order valence-corrected chi connectivity index (χ4v) is 3.37. The van der Waals surface area contributed by atoms with E-state index in [1.54, 1.807) is 51.4 Å². The van der Waals surface area contributed by atoms with Crippen LogP contribution in [0, 0.1) is 11.3 Å². The molecule has 1 N–H and O–H groups in total. The van der Waals surface area contributed by atoms with Crippen LogP contribution in [-0.2, 0) is 21.7 Å². The number of rotatable bonds is 6. The van der Waals surface area contributed by atoms with E-state index in [0.717, 1.165) is 10.5 Å². The van der Waals surface area contributed by atoms with Crippen molar-refractivity contribution in [3.63, 3.8) is 0 Å². The van der Waals surface area contributed by atoms with Gasteiger partial charge in [-0.2, -0.15) is 5.26 Å². The van der Waals surface area contributed by atoms with Gasteiger partial charge in [-0.05, 0) is 30.7 Å². The predicted molar refractivity (Wildman–Crippen MR) is 108 cm³/mol. The Hall–Kier alpha value is -3.86. The summed E-state index contributed by atoms with van der Waals surface area (Å²) in [5.41, 5.74) is 0.330. The number of hydrogen-bond donors (Lipinski definition) is 1. The Kier molecular flexibility index (Phi) is 5.74. The van der Waals surface area contributed by atoms with Crippen molar-refractivity contribution in [2.75, 3.05) is 20.7 Å². The van der Waals surface area contributed by atoms with Gasteiger partial charge in [0.15, 0.2) is 0 Å². The quantitative estimate of drug-likeness (QED) is 0.739. The Morgan fingerprint density at radius 3 is 2.67 bits per heavy atom. The van der Waals surface area contributed by atoms with E-state index in [-0.39, 0.29) is 19.0 Å². The zero-order valence-electron chi connectivity index (χ0n) is 17.0. The van der Waals surface area contributed by atoms with Crippen molar-refractivity contribution >= 4 is 17.8 Å². The molecule has 1 atom stereocenters. The molecule has 0 unspecified atom stereocenters. The van der Waals surface area contributed by atoms with E-state index in [0.29, 0.717) is 16.9 Å². The predicted octanol–water partition coefficient (Wildman–Crippen LogP) is 1.99. The Labute approximate surface area is 174 Å². The van der Waals surface area contributed by atoms with Crippen LogP contribution in [0.1, 0.15) is 23.6 Å². The van der Waals surface area contributed by atoms with Gasteiger partial charge in [-0.1, -0.05) is 30.3 Å². The van der Waals surface area contributed by atoms with Gasteiger partial charge in [0, 0.05) is 19.2 Å². The number of para-hydroxylation sites is 1.